The van der Waals surface area contributed by atoms with Gasteiger partial charge in [0.05, 0.1) is 5.56 Å². The number of carbonyl (C=O) groups is 1. The van der Waals surface area contributed by atoms with Crippen LogP contribution in [0.1, 0.15) is 11.1 Å². The predicted molar refractivity (Wildman–Crippen MR) is 98.1 cm³/mol. The largest absolute Gasteiger partial charge is 0.416 e. The molecule has 3 rings (SSSR count). The van der Waals surface area contributed by atoms with Crippen LogP contribution in [-0.2, 0) is 11.0 Å². The molecule has 0 aromatic heterocycles. The van der Waals surface area contributed by atoms with E-state index in [4.69, 9.17) is 11.6 Å². The van der Waals surface area contributed by atoms with Crippen LogP contribution in [0.5, 0.6) is 0 Å². The minimum atomic E-state index is -4.47. The van der Waals surface area contributed by atoms with Crippen molar-refractivity contribution in [2.75, 3.05) is 5.32 Å². The molecule has 1 amide bonds. The van der Waals surface area contributed by atoms with Gasteiger partial charge in [0.2, 0.25) is 5.91 Å². The molecular formula is C20H13ClF3NO. The lowest BCUT2D eigenvalue weighted by molar-refractivity contribution is -0.137. The van der Waals surface area contributed by atoms with Crippen LogP contribution in [0.3, 0.4) is 0 Å². The van der Waals surface area contributed by atoms with E-state index in [0.717, 1.165) is 35.0 Å². The fourth-order valence-electron chi connectivity index (χ4n) is 2.46. The van der Waals surface area contributed by atoms with Gasteiger partial charge >= 0.3 is 6.18 Å². The predicted octanol–water partition coefficient (Wildman–Crippen LogP) is 6.16. The molecule has 0 saturated carbocycles. The fourth-order valence-corrected chi connectivity index (χ4v) is 2.64. The second kappa shape index (κ2) is 7.22. The van der Waals surface area contributed by atoms with Gasteiger partial charge in [-0.3, -0.25) is 4.79 Å². The molecular weight excluding hydrogens is 363 g/mol. The first-order valence-corrected chi connectivity index (χ1v) is 8.05. The summed E-state index contributed by atoms with van der Waals surface area (Å²) in [5.74, 6) is -0.464. The van der Waals surface area contributed by atoms with Crippen molar-refractivity contribution in [1.29, 1.82) is 0 Å². The van der Waals surface area contributed by atoms with Gasteiger partial charge in [-0.15, -0.1) is 0 Å². The normalized spacial score (nSPS) is 11.8. The SMILES string of the molecule is O=C(/C=C/c1cc(C(F)(F)F)ccc1Cl)Nc1ccc2ccccc2c1. The average molecular weight is 376 g/mol. The molecule has 0 fully saturated rings. The van der Waals surface area contributed by atoms with Crippen molar-refractivity contribution in [3.63, 3.8) is 0 Å². The molecule has 0 heterocycles. The standard InChI is InChI=1S/C20H13ClF3NO/c21-18-9-7-16(20(22,23)24)11-15(18)6-10-19(26)25-17-8-5-13-3-1-2-4-14(13)12-17/h1-12H,(H,25,26)/b10-6+. The van der Waals surface area contributed by atoms with Crippen LogP contribution >= 0.6 is 11.6 Å². The molecule has 0 atom stereocenters. The first-order valence-electron chi connectivity index (χ1n) is 7.67. The van der Waals surface area contributed by atoms with Crippen molar-refractivity contribution in [3.8, 4) is 0 Å². The van der Waals surface area contributed by atoms with Crippen LogP contribution in [0, 0.1) is 0 Å². The number of amides is 1. The molecule has 0 aliphatic heterocycles. The lowest BCUT2D eigenvalue weighted by Gasteiger charge is -2.08. The molecule has 3 aromatic carbocycles. The number of hydrogen-bond acceptors (Lipinski definition) is 1. The first kappa shape index (κ1) is 18.0. The Hall–Kier alpha value is -2.79. The third kappa shape index (κ3) is 4.24. The molecule has 2 nitrogen and oxygen atoms in total. The highest BCUT2D eigenvalue weighted by Crippen LogP contribution is 2.32. The van der Waals surface area contributed by atoms with E-state index >= 15 is 0 Å². The number of fused-ring (bicyclic) bond motifs is 1. The van der Waals surface area contributed by atoms with Crippen molar-refractivity contribution in [1.82, 2.24) is 0 Å². The molecule has 0 aliphatic carbocycles. The van der Waals surface area contributed by atoms with Gasteiger partial charge in [0.1, 0.15) is 0 Å². The van der Waals surface area contributed by atoms with Crippen LogP contribution in [0.4, 0.5) is 18.9 Å². The minimum Gasteiger partial charge on any atom is -0.322 e. The maximum Gasteiger partial charge on any atom is 0.416 e. The zero-order chi connectivity index (χ0) is 18.7. The van der Waals surface area contributed by atoms with Gasteiger partial charge in [-0.1, -0.05) is 41.9 Å². The highest BCUT2D eigenvalue weighted by Gasteiger charge is 2.30. The number of anilines is 1. The first-order chi connectivity index (χ1) is 12.3. The van der Waals surface area contributed by atoms with Crippen molar-refractivity contribution < 1.29 is 18.0 Å². The van der Waals surface area contributed by atoms with Crippen molar-refractivity contribution in [3.05, 3.63) is 82.9 Å². The summed E-state index contributed by atoms with van der Waals surface area (Å²) in [6.45, 7) is 0. The number of rotatable bonds is 3. The Morgan fingerprint density at radius 3 is 2.42 bits per heavy atom. The van der Waals surface area contributed by atoms with Gasteiger partial charge in [0.15, 0.2) is 0 Å². The van der Waals surface area contributed by atoms with Gasteiger partial charge in [-0.25, -0.2) is 0 Å². The van der Waals surface area contributed by atoms with Crippen LogP contribution in [-0.4, -0.2) is 5.91 Å². The zero-order valence-electron chi connectivity index (χ0n) is 13.3. The number of alkyl halides is 3. The van der Waals surface area contributed by atoms with E-state index < -0.39 is 17.6 Å². The van der Waals surface area contributed by atoms with Crippen molar-refractivity contribution >= 4 is 40.0 Å². The summed E-state index contributed by atoms with van der Waals surface area (Å²) in [6, 6.07) is 16.1. The summed E-state index contributed by atoms with van der Waals surface area (Å²) in [7, 11) is 0. The third-order valence-electron chi connectivity index (χ3n) is 3.75. The summed E-state index contributed by atoms with van der Waals surface area (Å²) in [6.07, 6.45) is -2.06. The maximum atomic E-state index is 12.8. The highest BCUT2D eigenvalue weighted by atomic mass is 35.5. The molecule has 132 valence electrons. The molecule has 0 bridgehead atoms. The summed E-state index contributed by atoms with van der Waals surface area (Å²) in [4.78, 5) is 12.1. The minimum absolute atomic E-state index is 0.121. The van der Waals surface area contributed by atoms with Crippen LogP contribution in [0.2, 0.25) is 5.02 Å². The zero-order valence-corrected chi connectivity index (χ0v) is 14.1. The second-order valence-electron chi connectivity index (χ2n) is 5.62. The third-order valence-corrected chi connectivity index (χ3v) is 4.10. The Balaban J connectivity index is 1.76. The van der Waals surface area contributed by atoms with Crippen LogP contribution in [0.15, 0.2) is 66.7 Å². The van der Waals surface area contributed by atoms with Gasteiger partial charge in [-0.2, -0.15) is 13.2 Å². The average Bonchev–Trinajstić information content (AvgIpc) is 2.60. The summed E-state index contributed by atoms with van der Waals surface area (Å²) in [5, 5.41) is 4.82. The van der Waals surface area contributed by atoms with E-state index in [1.807, 2.05) is 36.4 Å². The van der Waals surface area contributed by atoms with E-state index in [2.05, 4.69) is 5.32 Å². The van der Waals surface area contributed by atoms with E-state index in [1.165, 1.54) is 6.08 Å². The highest BCUT2D eigenvalue weighted by molar-refractivity contribution is 6.32. The number of benzene rings is 3. The fraction of sp³-hybridized carbons (Fsp3) is 0.0500. The van der Waals surface area contributed by atoms with Gasteiger partial charge in [0, 0.05) is 16.8 Å². The van der Waals surface area contributed by atoms with Crippen LogP contribution < -0.4 is 5.32 Å². The molecule has 6 heteroatoms. The Labute approximate surface area is 152 Å². The Morgan fingerprint density at radius 2 is 1.69 bits per heavy atom. The lowest BCUT2D eigenvalue weighted by atomic mass is 10.1. The maximum absolute atomic E-state index is 12.8. The number of halogens is 4. The van der Waals surface area contributed by atoms with E-state index in [1.54, 1.807) is 6.07 Å². The topological polar surface area (TPSA) is 29.1 Å². The summed E-state index contributed by atoms with van der Waals surface area (Å²) in [5.41, 5.74) is -0.111. The van der Waals surface area contributed by atoms with Crippen molar-refractivity contribution in [2.24, 2.45) is 0 Å². The number of carbonyl (C=O) groups excluding carboxylic acids is 1. The van der Waals surface area contributed by atoms with Gasteiger partial charge in [-0.05, 0) is 52.7 Å². The van der Waals surface area contributed by atoms with E-state index in [-0.39, 0.29) is 10.6 Å². The Morgan fingerprint density at radius 1 is 0.962 bits per heavy atom. The van der Waals surface area contributed by atoms with Gasteiger partial charge < -0.3 is 5.32 Å². The quantitative estimate of drug-likeness (QED) is 0.545. The Kier molecular flexibility index (Phi) is 5.00. The monoisotopic (exact) mass is 375 g/mol. The lowest BCUT2D eigenvalue weighted by Crippen LogP contribution is -2.08. The molecule has 1 N–H and O–H groups in total. The van der Waals surface area contributed by atoms with Gasteiger partial charge in [0.25, 0.3) is 0 Å². The molecule has 0 saturated heterocycles. The number of hydrogen-bond donors (Lipinski definition) is 1. The van der Waals surface area contributed by atoms with E-state index in [0.29, 0.717) is 5.69 Å². The van der Waals surface area contributed by atoms with Crippen molar-refractivity contribution in [2.45, 2.75) is 6.18 Å². The molecule has 0 spiro atoms. The molecule has 0 radical (unpaired) electrons. The van der Waals surface area contributed by atoms with E-state index in [9.17, 15) is 18.0 Å². The summed E-state index contributed by atoms with van der Waals surface area (Å²) < 4.78 is 38.3. The second-order valence-corrected chi connectivity index (χ2v) is 6.03. The van der Waals surface area contributed by atoms with Crippen LogP contribution in [0.25, 0.3) is 16.8 Å². The molecule has 0 unspecified atom stereocenters. The molecule has 3 aromatic rings. The molecule has 0 aliphatic rings. The smallest absolute Gasteiger partial charge is 0.322 e. The Bertz CT molecular complexity index is 996. The molecule has 26 heavy (non-hydrogen) atoms. The summed E-state index contributed by atoms with van der Waals surface area (Å²) >= 11 is 5.90. The number of nitrogens with one attached hydrogen (secondary N) is 1.